The van der Waals surface area contributed by atoms with E-state index in [1.54, 1.807) is 24.5 Å². The van der Waals surface area contributed by atoms with Gasteiger partial charge in [0.15, 0.2) is 11.5 Å². The van der Waals surface area contributed by atoms with E-state index < -0.39 is 5.97 Å². The summed E-state index contributed by atoms with van der Waals surface area (Å²) in [6, 6.07) is 5.07. The Hall–Kier alpha value is -2.50. The molecule has 1 N–H and O–H groups in total. The molecule has 0 aliphatic rings. The Labute approximate surface area is 117 Å². The highest BCUT2D eigenvalue weighted by Gasteiger charge is 2.14. The van der Waals surface area contributed by atoms with E-state index in [2.05, 4.69) is 15.0 Å². The summed E-state index contributed by atoms with van der Waals surface area (Å²) in [6.07, 6.45) is 3.27. The second kappa shape index (κ2) is 6.10. The van der Waals surface area contributed by atoms with Gasteiger partial charge >= 0.3 is 5.97 Å². The predicted molar refractivity (Wildman–Crippen MR) is 75.8 cm³/mol. The van der Waals surface area contributed by atoms with Crippen molar-refractivity contribution < 1.29 is 9.90 Å². The van der Waals surface area contributed by atoms with Crippen LogP contribution < -0.4 is 4.90 Å². The van der Waals surface area contributed by atoms with Crippen molar-refractivity contribution in [2.45, 2.75) is 13.8 Å². The van der Waals surface area contributed by atoms with Gasteiger partial charge in [0.2, 0.25) is 0 Å². The minimum absolute atomic E-state index is 0.0132. The van der Waals surface area contributed by atoms with Gasteiger partial charge in [0.1, 0.15) is 5.82 Å². The van der Waals surface area contributed by atoms with Gasteiger partial charge in [-0.2, -0.15) is 0 Å². The molecule has 6 heteroatoms. The molecular weight excluding hydrogens is 256 g/mol. The van der Waals surface area contributed by atoms with Crippen LogP contribution in [0, 0.1) is 0 Å². The number of carboxylic acid groups (broad SMARTS) is 1. The van der Waals surface area contributed by atoms with Crippen LogP contribution in [0.15, 0.2) is 30.6 Å². The third-order valence-corrected chi connectivity index (χ3v) is 2.94. The molecule has 2 heterocycles. The molecule has 20 heavy (non-hydrogen) atoms. The van der Waals surface area contributed by atoms with Crippen molar-refractivity contribution in [3.05, 3.63) is 36.3 Å². The molecule has 6 nitrogen and oxygen atoms in total. The second-order valence-corrected chi connectivity index (χ2v) is 4.15. The minimum atomic E-state index is -1.06. The van der Waals surface area contributed by atoms with Crippen molar-refractivity contribution >= 4 is 11.8 Å². The van der Waals surface area contributed by atoms with Crippen LogP contribution in [0.3, 0.4) is 0 Å². The molecule has 0 aliphatic heterocycles. The lowest BCUT2D eigenvalue weighted by Crippen LogP contribution is -2.24. The topological polar surface area (TPSA) is 79.2 Å². The molecule has 0 bridgehead atoms. The number of rotatable bonds is 5. The summed E-state index contributed by atoms with van der Waals surface area (Å²) in [5.74, 6) is -0.0768. The quantitative estimate of drug-likeness (QED) is 0.897. The average molecular weight is 272 g/mol. The maximum absolute atomic E-state index is 11.2. The van der Waals surface area contributed by atoms with Gasteiger partial charge in [-0.3, -0.25) is 4.98 Å². The summed E-state index contributed by atoms with van der Waals surface area (Å²) in [7, 11) is 0. The Balaban J connectivity index is 2.55. The van der Waals surface area contributed by atoms with Crippen molar-refractivity contribution in [1.82, 2.24) is 15.0 Å². The minimum Gasteiger partial charge on any atom is -0.477 e. The third kappa shape index (κ3) is 2.90. The fourth-order valence-corrected chi connectivity index (χ4v) is 1.88. The van der Waals surface area contributed by atoms with Gasteiger partial charge in [-0.1, -0.05) is 0 Å². The van der Waals surface area contributed by atoms with Gasteiger partial charge in [-0.15, -0.1) is 0 Å². The molecule has 2 rings (SSSR count). The molecule has 2 aromatic rings. The summed E-state index contributed by atoms with van der Waals surface area (Å²) >= 11 is 0. The molecule has 0 atom stereocenters. The second-order valence-electron chi connectivity index (χ2n) is 4.15. The number of carboxylic acids is 1. The highest BCUT2D eigenvalue weighted by atomic mass is 16.4. The highest BCUT2D eigenvalue weighted by Crippen LogP contribution is 2.19. The first-order chi connectivity index (χ1) is 9.65. The zero-order chi connectivity index (χ0) is 14.5. The van der Waals surface area contributed by atoms with Gasteiger partial charge in [0.25, 0.3) is 0 Å². The van der Waals surface area contributed by atoms with Gasteiger partial charge in [0, 0.05) is 37.1 Å². The van der Waals surface area contributed by atoms with Crippen molar-refractivity contribution in [2.75, 3.05) is 18.0 Å². The monoisotopic (exact) mass is 272 g/mol. The fraction of sp³-hybridized carbons (Fsp3) is 0.286. The van der Waals surface area contributed by atoms with Gasteiger partial charge in [-0.05, 0) is 26.0 Å². The molecule has 0 aromatic carbocycles. The highest BCUT2D eigenvalue weighted by molar-refractivity contribution is 5.87. The standard InChI is InChI=1S/C14H16N4O2/c1-3-18(4-2)12-8-11(14(19)20)16-13(17-12)10-6-5-7-15-9-10/h5-9H,3-4H2,1-2H3,(H,19,20). The van der Waals surface area contributed by atoms with E-state index in [9.17, 15) is 9.90 Å². The van der Waals surface area contributed by atoms with Gasteiger partial charge in [0.05, 0.1) is 0 Å². The van der Waals surface area contributed by atoms with Crippen LogP contribution in [-0.4, -0.2) is 39.1 Å². The molecular formula is C14H16N4O2. The summed E-state index contributed by atoms with van der Waals surface area (Å²) in [5.41, 5.74) is 0.685. The van der Waals surface area contributed by atoms with E-state index in [0.29, 0.717) is 17.2 Å². The molecule has 104 valence electrons. The van der Waals surface area contributed by atoms with Crippen molar-refractivity contribution in [2.24, 2.45) is 0 Å². The van der Waals surface area contributed by atoms with E-state index in [4.69, 9.17) is 0 Å². The van der Waals surface area contributed by atoms with E-state index in [0.717, 1.165) is 13.1 Å². The first-order valence-corrected chi connectivity index (χ1v) is 6.43. The van der Waals surface area contributed by atoms with Crippen LogP contribution in [0.4, 0.5) is 5.82 Å². The summed E-state index contributed by atoms with van der Waals surface area (Å²) in [5, 5.41) is 9.18. The van der Waals surface area contributed by atoms with Crippen LogP contribution in [-0.2, 0) is 0 Å². The molecule has 0 spiro atoms. The predicted octanol–water partition coefficient (Wildman–Crippen LogP) is 2.08. The van der Waals surface area contributed by atoms with E-state index in [1.807, 2.05) is 18.7 Å². The molecule has 0 amide bonds. The largest absolute Gasteiger partial charge is 0.477 e. The first kappa shape index (κ1) is 13.9. The lowest BCUT2D eigenvalue weighted by molar-refractivity contribution is 0.0690. The maximum atomic E-state index is 11.2. The lowest BCUT2D eigenvalue weighted by atomic mass is 10.2. The molecule has 2 aromatic heterocycles. The van der Waals surface area contributed by atoms with Crippen LogP contribution in [0.1, 0.15) is 24.3 Å². The average Bonchev–Trinajstić information content (AvgIpc) is 2.49. The zero-order valence-electron chi connectivity index (χ0n) is 11.4. The molecule has 0 unspecified atom stereocenters. The summed E-state index contributed by atoms with van der Waals surface area (Å²) in [4.78, 5) is 25.7. The summed E-state index contributed by atoms with van der Waals surface area (Å²) < 4.78 is 0. The number of carbonyl (C=O) groups is 1. The Morgan fingerprint density at radius 1 is 1.30 bits per heavy atom. The lowest BCUT2D eigenvalue weighted by Gasteiger charge is -2.20. The number of aromatic carboxylic acids is 1. The van der Waals surface area contributed by atoms with Crippen molar-refractivity contribution in [3.8, 4) is 11.4 Å². The van der Waals surface area contributed by atoms with E-state index in [1.165, 1.54) is 6.07 Å². The van der Waals surface area contributed by atoms with Gasteiger partial charge in [-0.25, -0.2) is 14.8 Å². The number of hydrogen-bond acceptors (Lipinski definition) is 5. The number of nitrogens with zero attached hydrogens (tertiary/aromatic N) is 4. The Bertz CT molecular complexity index is 597. The normalized spacial score (nSPS) is 10.3. The number of anilines is 1. The summed E-state index contributed by atoms with van der Waals surface area (Å²) in [6.45, 7) is 5.49. The Morgan fingerprint density at radius 2 is 2.05 bits per heavy atom. The fourth-order valence-electron chi connectivity index (χ4n) is 1.88. The maximum Gasteiger partial charge on any atom is 0.354 e. The number of hydrogen-bond donors (Lipinski definition) is 1. The third-order valence-electron chi connectivity index (χ3n) is 2.94. The molecule has 0 fully saturated rings. The molecule has 0 saturated heterocycles. The first-order valence-electron chi connectivity index (χ1n) is 6.43. The Kier molecular flexibility index (Phi) is 4.24. The van der Waals surface area contributed by atoms with Crippen LogP contribution in [0.5, 0.6) is 0 Å². The zero-order valence-corrected chi connectivity index (χ0v) is 11.4. The van der Waals surface area contributed by atoms with Crippen LogP contribution >= 0.6 is 0 Å². The van der Waals surface area contributed by atoms with Crippen LogP contribution in [0.25, 0.3) is 11.4 Å². The SMILES string of the molecule is CCN(CC)c1cc(C(=O)O)nc(-c2cccnc2)n1. The van der Waals surface area contributed by atoms with Crippen molar-refractivity contribution in [3.63, 3.8) is 0 Å². The molecule has 0 aliphatic carbocycles. The van der Waals surface area contributed by atoms with Gasteiger partial charge < -0.3 is 10.0 Å². The molecule has 0 saturated carbocycles. The van der Waals surface area contributed by atoms with Crippen LogP contribution in [0.2, 0.25) is 0 Å². The van der Waals surface area contributed by atoms with E-state index in [-0.39, 0.29) is 5.69 Å². The Morgan fingerprint density at radius 3 is 2.60 bits per heavy atom. The molecule has 0 radical (unpaired) electrons. The number of aromatic nitrogens is 3. The number of pyridine rings is 1. The smallest absolute Gasteiger partial charge is 0.354 e. The van der Waals surface area contributed by atoms with E-state index >= 15 is 0 Å². The van der Waals surface area contributed by atoms with Crippen molar-refractivity contribution in [1.29, 1.82) is 0 Å².